The lowest BCUT2D eigenvalue weighted by Gasteiger charge is -2.19. The van der Waals surface area contributed by atoms with Crippen molar-refractivity contribution in [2.75, 3.05) is 20.1 Å². The molecule has 0 spiro atoms. The third-order valence-corrected chi connectivity index (χ3v) is 4.65. The van der Waals surface area contributed by atoms with E-state index in [0.717, 1.165) is 16.9 Å². The lowest BCUT2D eigenvalue weighted by atomic mass is 10.1. The second-order valence-corrected chi connectivity index (χ2v) is 6.52. The maximum absolute atomic E-state index is 12.6. The summed E-state index contributed by atoms with van der Waals surface area (Å²) in [6, 6.07) is 9.24. The van der Waals surface area contributed by atoms with Crippen LogP contribution in [0.4, 0.5) is 0 Å². The zero-order chi connectivity index (χ0) is 18.8. The number of ether oxygens (including phenoxy) is 4. The number of amides is 1. The van der Waals surface area contributed by atoms with Crippen molar-refractivity contribution < 1.29 is 23.7 Å². The van der Waals surface area contributed by atoms with Crippen LogP contribution in [0, 0.1) is 0 Å². The molecule has 0 aromatic heterocycles. The smallest absolute Gasteiger partial charge is 0.246 e. The van der Waals surface area contributed by atoms with Crippen molar-refractivity contribution in [2.45, 2.75) is 13.5 Å². The van der Waals surface area contributed by atoms with Crippen LogP contribution in [0.1, 0.15) is 18.1 Å². The molecule has 0 N–H and O–H groups in total. The highest BCUT2D eigenvalue weighted by atomic mass is 35.5. The second kappa shape index (κ2) is 7.40. The summed E-state index contributed by atoms with van der Waals surface area (Å²) in [5.41, 5.74) is 1.76. The minimum absolute atomic E-state index is 0.0936. The van der Waals surface area contributed by atoms with Gasteiger partial charge in [-0.05, 0) is 48.4 Å². The molecule has 2 aliphatic rings. The Morgan fingerprint density at radius 3 is 2.70 bits per heavy atom. The first kappa shape index (κ1) is 17.5. The van der Waals surface area contributed by atoms with E-state index in [9.17, 15) is 4.79 Å². The Morgan fingerprint density at radius 1 is 1.07 bits per heavy atom. The molecule has 0 aliphatic carbocycles. The van der Waals surface area contributed by atoms with Crippen molar-refractivity contribution in [2.24, 2.45) is 0 Å². The number of benzene rings is 2. The minimum Gasteiger partial charge on any atom is -0.454 e. The van der Waals surface area contributed by atoms with Gasteiger partial charge < -0.3 is 23.8 Å². The molecular formula is C20H18ClNO5. The van der Waals surface area contributed by atoms with E-state index in [-0.39, 0.29) is 19.5 Å². The average molecular weight is 388 g/mol. The van der Waals surface area contributed by atoms with Gasteiger partial charge >= 0.3 is 0 Å². The summed E-state index contributed by atoms with van der Waals surface area (Å²) < 4.78 is 21.4. The van der Waals surface area contributed by atoms with E-state index in [4.69, 9.17) is 30.5 Å². The molecular weight excluding hydrogens is 370 g/mol. The van der Waals surface area contributed by atoms with E-state index < -0.39 is 0 Å². The first-order valence-corrected chi connectivity index (χ1v) is 8.96. The highest BCUT2D eigenvalue weighted by Gasteiger charge is 2.18. The molecule has 0 bridgehead atoms. The highest BCUT2D eigenvalue weighted by molar-refractivity contribution is 6.32. The molecule has 27 heavy (non-hydrogen) atoms. The molecule has 6 nitrogen and oxygen atoms in total. The fourth-order valence-electron chi connectivity index (χ4n) is 2.96. The lowest BCUT2D eigenvalue weighted by Crippen LogP contribution is -2.28. The van der Waals surface area contributed by atoms with Crippen LogP contribution in [-0.2, 0) is 11.3 Å². The van der Waals surface area contributed by atoms with Crippen LogP contribution in [0.5, 0.6) is 23.0 Å². The Labute approximate surface area is 161 Å². The van der Waals surface area contributed by atoms with Gasteiger partial charge in [-0.2, -0.15) is 0 Å². The Morgan fingerprint density at radius 2 is 1.85 bits per heavy atom. The Balaban J connectivity index is 1.46. The molecule has 4 rings (SSSR count). The van der Waals surface area contributed by atoms with Gasteiger partial charge in [-0.3, -0.25) is 4.79 Å². The maximum Gasteiger partial charge on any atom is 0.246 e. The molecule has 2 heterocycles. The molecule has 0 saturated heterocycles. The van der Waals surface area contributed by atoms with E-state index in [0.29, 0.717) is 35.4 Å². The number of halogens is 1. The van der Waals surface area contributed by atoms with Crippen LogP contribution >= 0.6 is 11.6 Å². The summed E-state index contributed by atoms with van der Waals surface area (Å²) in [4.78, 5) is 14.3. The SMILES string of the molecule is CCN(Cc1ccc2c(c1)OCO2)C(=O)/C=C/c1cc(Cl)c2c(c1)OCO2. The molecule has 0 atom stereocenters. The third-order valence-electron chi connectivity index (χ3n) is 4.37. The van der Waals surface area contributed by atoms with Gasteiger partial charge in [0.15, 0.2) is 23.0 Å². The Kier molecular flexibility index (Phi) is 4.81. The topological polar surface area (TPSA) is 57.2 Å². The third kappa shape index (κ3) is 3.66. The monoisotopic (exact) mass is 387 g/mol. The van der Waals surface area contributed by atoms with Crippen molar-refractivity contribution in [3.8, 4) is 23.0 Å². The number of nitrogens with zero attached hydrogens (tertiary/aromatic N) is 1. The quantitative estimate of drug-likeness (QED) is 0.729. The van der Waals surface area contributed by atoms with Crippen molar-refractivity contribution in [1.29, 1.82) is 0 Å². The highest BCUT2D eigenvalue weighted by Crippen LogP contribution is 2.40. The van der Waals surface area contributed by atoms with Crippen LogP contribution in [-0.4, -0.2) is 30.9 Å². The molecule has 0 radical (unpaired) electrons. The lowest BCUT2D eigenvalue weighted by molar-refractivity contribution is -0.126. The van der Waals surface area contributed by atoms with Gasteiger partial charge in [-0.1, -0.05) is 17.7 Å². The minimum atomic E-state index is -0.0936. The predicted octanol–water partition coefficient (Wildman–Crippen LogP) is 3.86. The predicted molar refractivity (Wildman–Crippen MR) is 100 cm³/mol. The van der Waals surface area contributed by atoms with Crippen molar-refractivity contribution >= 4 is 23.6 Å². The summed E-state index contributed by atoms with van der Waals surface area (Å²) >= 11 is 6.18. The second-order valence-electron chi connectivity index (χ2n) is 6.11. The van der Waals surface area contributed by atoms with Gasteiger partial charge in [0.25, 0.3) is 0 Å². The molecule has 2 aromatic rings. The molecule has 0 unspecified atom stereocenters. The van der Waals surface area contributed by atoms with Gasteiger partial charge in [0, 0.05) is 19.2 Å². The Hall–Kier alpha value is -2.86. The standard InChI is InChI=1S/C20H18ClNO5/c1-2-22(10-14-3-5-16-17(9-14)25-11-24-16)19(23)6-4-13-7-15(21)20-18(8-13)26-12-27-20/h3-9H,2,10-12H2,1H3/b6-4+. The summed E-state index contributed by atoms with van der Waals surface area (Å²) in [5.74, 6) is 2.47. The summed E-state index contributed by atoms with van der Waals surface area (Å²) in [6.07, 6.45) is 3.25. The molecule has 2 aromatic carbocycles. The van der Waals surface area contributed by atoms with Gasteiger partial charge in [0.2, 0.25) is 19.5 Å². The number of rotatable bonds is 5. The van der Waals surface area contributed by atoms with E-state index >= 15 is 0 Å². The largest absolute Gasteiger partial charge is 0.454 e. The number of carbonyl (C=O) groups excluding carboxylic acids is 1. The first-order chi connectivity index (χ1) is 13.1. The van der Waals surface area contributed by atoms with Gasteiger partial charge in [-0.15, -0.1) is 0 Å². The number of hydrogen-bond acceptors (Lipinski definition) is 5. The van der Waals surface area contributed by atoms with Crippen LogP contribution in [0.2, 0.25) is 5.02 Å². The van der Waals surface area contributed by atoms with Crippen molar-refractivity contribution in [3.63, 3.8) is 0 Å². The van der Waals surface area contributed by atoms with Gasteiger partial charge in [-0.25, -0.2) is 0 Å². The van der Waals surface area contributed by atoms with E-state index in [2.05, 4.69) is 0 Å². The molecule has 0 saturated carbocycles. The number of likely N-dealkylation sites (N-methyl/N-ethyl adjacent to an activating group) is 1. The van der Waals surface area contributed by atoms with Crippen molar-refractivity contribution in [3.05, 3.63) is 52.6 Å². The average Bonchev–Trinajstić information content (AvgIpc) is 3.33. The van der Waals surface area contributed by atoms with E-state index in [1.54, 1.807) is 23.1 Å². The molecule has 7 heteroatoms. The molecule has 140 valence electrons. The number of hydrogen-bond donors (Lipinski definition) is 0. The van der Waals surface area contributed by atoms with Crippen LogP contribution in [0.3, 0.4) is 0 Å². The van der Waals surface area contributed by atoms with Crippen LogP contribution < -0.4 is 18.9 Å². The van der Waals surface area contributed by atoms with Gasteiger partial charge in [0.05, 0.1) is 5.02 Å². The molecule has 1 amide bonds. The normalized spacial score (nSPS) is 14.0. The fourth-order valence-corrected chi connectivity index (χ4v) is 3.24. The van der Waals surface area contributed by atoms with Crippen molar-refractivity contribution in [1.82, 2.24) is 4.90 Å². The maximum atomic E-state index is 12.6. The fraction of sp³-hybridized carbons (Fsp3) is 0.250. The van der Waals surface area contributed by atoms with Gasteiger partial charge in [0.1, 0.15) is 0 Å². The molecule has 2 aliphatic heterocycles. The summed E-state index contributed by atoms with van der Waals surface area (Å²) in [5, 5.41) is 0.463. The van der Waals surface area contributed by atoms with Crippen LogP contribution in [0.15, 0.2) is 36.4 Å². The molecule has 0 fully saturated rings. The number of carbonyl (C=O) groups is 1. The zero-order valence-electron chi connectivity index (χ0n) is 14.7. The first-order valence-electron chi connectivity index (χ1n) is 8.58. The summed E-state index contributed by atoms with van der Waals surface area (Å²) in [7, 11) is 0. The Bertz CT molecular complexity index is 911. The number of fused-ring (bicyclic) bond motifs is 2. The van der Waals surface area contributed by atoms with E-state index in [1.165, 1.54) is 6.08 Å². The zero-order valence-corrected chi connectivity index (χ0v) is 15.5. The summed E-state index contributed by atoms with van der Waals surface area (Å²) in [6.45, 7) is 3.39. The van der Waals surface area contributed by atoms with E-state index in [1.807, 2.05) is 25.1 Å². The van der Waals surface area contributed by atoms with Crippen LogP contribution in [0.25, 0.3) is 6.08 Å².